The molecule has 0 fully saturated rings. The summed E-state index contributed by atoms with van der Waals surface area (Å²) in [6.07, 6.45) is 0. The maximum absolute atomic E-state index is 11.2. The highest BCUT2D eigenvalue weighted by Crippen LogP contribution is 2.13. The van der Waals surface area contributed by atoms with Gasteiger partial charge in [-0.25, -0.2) is 4.79 Å². The molecular weight excluding hydrogens is 220 g/mol. The van der Waals surface area contributed by atoms with Crippen LogP contribution in [0.25, 0.3) is 0 Å². The Morgan fingerprint density at radius 2 is 1.94 bits per heavy atom. The van der Waals surface area contributed by atoms with Gasteiger partial charge in [0.1, 0.15) is 0 Å². The first-order valence-corrected chi connectivity index (χ1v) is 5.26. The molecule has 0 saturated carbocycles. The van der Waals surface area contributed by atoms with Crippen LogP contribution in [0.5, 0.6) is 0 Å². The van der Waals surface area contributed by atoms with Gasteiger partial charge in [0.2, 0.25) is 5.91 Å². The van der Waals surface area contributed by atoms with Gasteiger partial charge in [0.15, 0.2) is 0 Å². The lowest BCUT2D eigenvalue weighted by Crippen LogP contribution is -2.32. The van der Waals surface area contributed by atoms with Crippen LogP contribution in [0, 0.1) is 0 Å². The number of benzene rings is 1. The third-order valence-electron chi connectivity index (χ3n) is 2.39. The standard InChI is InChI=1S/C12H16N2O3/c1-8(14-11(15)7-13)9-3-5-10(6-4-9)12(16)17-2/h3-6,8H,7,13H2,1-2H3,(H,14,15)/t8-/m1/s1. The van der Waals surface area contributed by atoms with E-state index >= 15 is 0 Å². The van der Waals surface area contributed by atoms with E-state index in [-0.39, 0.29) is 24.5 Å². The summed E-state index contributed by atoms with van der Waals surface area (Å²) in [5.41, 5.74) is 6.59. The topological polar surface area (TPSA) is 81.4 Å². The molecule has 0 spiro atoms. The number of amides is 1. The van der Waals surface area contributed by atoms with Crippen molar-refractivity contribution in [1.29, 1.82) is 0 Å². The summed E-state index contributed by atoms with van der Waals surface area (Å²) in [6, 6.07) is 6.72. The van der Waals surface area contributed by atoms with Crippen molar-refractivity contribution < 1.29 is 14.3 Å². The van der Waals surface area contributed by atoms with E-state index in [0.717, 1.165) is 5.56 Å². The zero-order chi connectivity index (χ0) is 12.8. The van der Waals surface area contributed by atoms with Crippen LogP contribution in [-0.4, -0.2) is 25.5 Å². The second-order valence-corrected chi connectivity index (χ2v) is 3.61. The minimum atomic E-state index is -0.379. The number of carbonyl (C=O) groups is 2. The SMILES string of the molecule is COC(=O)c1ccc([C@@H](C)NC(=O)CN)cc1. The molecule has 92 valence electrons. The fourth-order valence-corrected chi connectivity index (χ4v) is 1.41. The zero-order valence-corrected chi connectivity index (χ0v) is 9.90. The van der Waals surface area contributed by atoms with Gasteiger partial charge in [-0.1, -0.05) is 12.1 Å². The molecule has 1 aromatic carbocycles. The summed E-state index contributed by atoms with van der Waals surface area (Å²) in [5, 5.41) is 2.73. The van der Waals surface area contributed by atoms with Crippen molar-refractivity contribution in [3.63, 3.8) is 0 Å². The van der Waals surface area contributed by atoms with E-state index in [1.54, 1.807) is 24.3 Å². The van der Waals surface area contributed by atoms with Crippen molar-refractivity contribution in [3.05, 3.63) is 35.4 Å². The third-order valence-corrected chi connectivity index (χ3v) is 2.39. The fourth-order valence-electron chi connectivity index (χ4n) is 1.41. The van der Waals surface area contributed by atoms with E-state index in [2.05, 4.69) is 10.1 Å². The molecule has 0 aromatic heterocycles. The lowest BCUT2D eigenvalue weighted by molar-refractivity contribution is -0.120. The molecule has 5 heteroatoms. The number of carbonyl (C=O) groups excluding carboxylic acids is 2. The predicted octanol–water partition coefficient (Wildman–Crippen LogP) is 0.609. The molecule has 0 aliphatic rings. The summed E-state index contributed by atoms with van der Waals surface area (Å²) in [6.45, 7) is 1.81. The Morgan fingerprint density at radius 3 is 2.41 bits per heavy atom. The van der Waals surface area contributed by atoms with Gasteiger partial charge < -0.3 is 15.8 Å². The molecule has 1 aromatic rings. The van der Waals surface area contributed by atoms with Crippen molar-refractivity contribution in [2.45, 2.75) is 13.0 Å². The van der Waals surface area contributed by atoms with Crippen LogP contribution >= 0.6 is 0 Å². The van der Waals surface area contributed by atoms with Crippen LogP contribution in [-0.2, 0) is 9.53 Å². The molecule has 0 saturated heterocycles. The summed E-state index contributed by atoms with van der Waals surface area (Å²) in [7, 11) is 1.33. The van der Waals surface area contributed by atoms with Gasteiger partial charge in [-0.05, 0) is 24.6 Å². The first-order valence-electron chi connectivity index (χ1n) is 5.26. The molecule has 0 bridgehead atoms. The van der Waals surface area contributed by atoms with E-state index in [9.17, 15) is 9.59 Å². The van der Waals surface area contributed by atoms with Gasteiger partial charge in [-0.2, -0.15) is 0 Å². The first-order chi connectivity index (χ1) is 8.08. The Morgan fingerprint density at radius 1 is 1.35 bits per heavy atom. The average Bonchev–Trinajstić information content (AvgIpc) is 2.37. The minimum Gasteiger partial charge on any atom is -0.465 e. The van der Waals surface area contributed by atoms with E-state index < -0.39 is 0 Å². The molecule has 0 unspecified atom stereocenters. The summed E-state index contributed by atoms with van der Waals surface area (Å²) in [5.74, 6) is -0.593. The van der Waals surface area contributed by atoms with Gasteiger partial charge in [0.25, 0.3) is 0 Å². The number of nitrogens with one attached hydrogen (secondary N) is 1. The monoisotopic (exact) mass is 236 g/mol. The number of ether oxygens (including phenoxy) is 1. The Labute approximate surface area is 99.9 Å². The van der Waals surface area contributed by atoms with Crippen LogP contribution in [0.15, 0.2) is 24.3 Å². The van der Waals surface area contributed by atoms with Crippen LogP contribution < -0.4 is 11.1 Å². The number of methoxy groups -OCH3 is 1. The number of rotatable bonds is 4. The van der Waals surface area contributed by atoms with Crippen LogP contribution in [0.1, 0.15) is 28.9 Å². The lowest BCUT2D eigenvalue weighted by Gasteiger charge is -2.13. The second-order valence-electron chi connectivity index (χ2n) is 3.61. The Kier molecular flexibility index (Phi) is 4.66. The zero-order valence-electron chi connectivity index (χ0n) is 9.90. The Bertz CT molecular complexity index is 401. The molecule has 1 atom stereocenters. The van der Waals surface area contributed by atoms with Gasteiger partial charge in [0.05, 0.1) is 25.3 Å². The van der Waals surface area contributed by atoms with Gasteiger partial charge in [-0.3, -0.25) is 4.79 Å². The maximum Gasteiger partial charge on any atom is 0.337 e. The highest BCUT2D eigenvalue weighted by atomic mass is 16.5. The van der Waals surface area contributed by atoms with Crippen LogP contribution in [0.3, 0.4) is 0 Å². The van der Waals surface area contributed by atoms with Crippen molar-refractivity contribution in [1.82, 2.24) is 5.32 Å². The van der Waals surface area contributed by atoms with Crippen molar-refractivity contribution in [3.8, 4) is 0 Å². The van der Waals surface area contributed by atoms with E-state index in [4.69, 9.17) is 5.73 Å². The highest BCUT2D eigenvalue weighted by Gasteiger charge is 2.10. The molecule has 3 N–H and O–H groups in total. The normalized spacial score (nSPS) is 11.7. The van der Waals surface area contributed by atoms with Gasteiger partial charge in [-0.15, -0.1) is 0 Å². The molecule has 1 rings (SSSR count). The average molecular weight is 236 g/mol. The maximum atomic E-state index is 11.2. The van der Waals surface area contributed by atoms with Crippen molar-refractivity contribution in [2.24, 2.45) is 5.73 Å². The minimum absolute atomic E-state index is 0.0371. The quantitative estimate of drug-likeness (QED) is 0.750. The number of nitrogens with two attached hydrogens (primary N) is 1. The molecule has 5 nitrogen and oxygen atoms in total. The van der Waals surface area contributed by atoms with Crippen molar-refractivity contribution >= 4 is 11.9 Å². The molecule has 0 aliphatic carbocycles. The second kappa shape index (κ2) is 6.00. The van der Waals surface area contributed by atoms with Crippen LogP contribution in [0.4, 0.5) is 0 Å². The summed E-state index contributed by atoms with van der Waals surface area (Å²) >= 11 is 0. The largest absolute Gasteiger partial charge is 0.465 e. The number of esters is 1. The van der Waals surface area contributed by atoms with Gasteiger partial charge in [0, 0.05) is 0 Å². The number of hydrogen-bond donors (Lipinski definition) is 2. The molecule has 0 aliphatic heterocycles. The summed E-state index contributed by atoms with van der Waals surface area (Å²) in [4.78, 5) is 22.3. The third kappa shape index (κ3) is 3.57. The lowest BCUT2D eigenvalue weighted by atomic mass is 10.1. The summed E-state index contributed by atoms with van der Waals surface area (Å²) < 4.78 is 4.59. The highest BCUT2D eigenvalue weighted by molar-refractivity contribution is 5.89. The van der Waals surface area contributed by atoms with Crippen molar-refractivity contribution in [2.75, 3.05) is 13.7 Å². The molecule has 0 heterocycles. The van der Waals surface area contributed by atoms with Gasteiger partial charge >= 0.3 is 5.97 Å². The molecule has 17 heavy (non-hydrogen) atoms. The molecular formula is C12H16N2O3. The number of hydrogen-bond acceptors (Lipinski definition) is 4. The first kappa shape index (κ1) is 13.2. The molecule has 1 amide bonds. The predicted molar refractivity (Wildman–Crippen MR) is 63.4 cm³/mol. The Balaban J connectivity index is 2.73. The van der Waals surface area contributed by atoms with E-state index in [1.807, 2.05) is 6.92 Å². The fraction of sp³-hybridized carbons (Fsp3) is 0.333. The van der Waals surface area contributed by atoms with E-state index in [0.29, 0.717) is 5.56 Å². The Hall–Kier alpha value is -1.88. The van der Waals surface area contributed by atoms with Crippen LogP contribution in [0.2, 0.25) is 0 Å². The molecule has 0 radical (unpaired) electrons. The van der Waals surface area contributed by atoms with E-state index in [1.165, 1.54) is 7.11 Å². The smallest absolute Gasteiger partial charge is 0.337 e.